The molecule has 2 aromatic carbocycles. The van der Waals surface area contributed by atoms with E-state index in [4.69, 9.17) is 9.47 Å². The van der Waals surface area contributed by atoms with Crippen molar-refractivity contribution in [1.82, 2.24) is 0 Å². The van der Waals surface area contributed by atoms with Crippen molar-refractivity contribution in [3.63, 3.8) is 0 Å². The molecule has 5 nitrogen and oxygen atoms in total. The lowest BCUT2D eigenvalue weighted by Gasteiger charge is -2.16. The van der Waals surface area contributed by atoms with Crippen molar-refractivity contribution in [3.8, 4) is 5.75 Å². The monoisotopic (exact) mass is 300 g/mol. The van der Waals surface area contributed by atoms with Crippen LogP contribution in [-0.2, 0) is 19.1 Å². The Hall–Kier alpha value is -2.82. The smallest absolute Gasteiger partial charge is 0.351 e. The number of carbonyl (C=O) groups excluding carboxylic acids is 2. The molecule has 1 atom stereocenters. The third-order valence-electron chi connectivity index (χ3n) is 2.87. The summed E-state index contributed by atoms with van der Waals surface area (Å²) in [5, 5.41) is 0. The average Bonchev–Trinajstić information content (AvgIpc) is 2.59. The van der Waals surface area contributed by atoms with Crippen molar-refractivity contribution >= 4 is 11.9 Å². The van der Waals surface area contributed by atoms with Crippen molar-refractivity contribution in [2.45, 2.75) is 6.10 Å². The molecule has 0 saturated heterocycles. The maximum atomic E-state index is 11.9. The van der Waals surface area contributed by atoms with E-state index in [0.29, 0.717) is 11.3 Å². The highest BCUT2D eigenvalue weighted by Gasteiger charge is 2.25. The number of ether oxygens (including phenoxy) is 3. The lowest BCUT2D eigenvalue weighted by Crippen LogP contribution is -2.24. The Morgan fingerprint density at radius 2 is 1.55 bits per heavy atom. The molecule has 0 spiro atoms. The topological polar surface area (TPSA) is 61.8 Å². The van der Waals surface area contributed by atoms with E-state index in [0.717, 1.165) is 0 Å². The molecule has 0 saturated carbocycles. The third-order valence-corrected chi connectivity index (χ3v) is 2.87. The first-order valence-corrected chi connectivity index (χ1v) is 6.71. The summed E-state index contributed by atoms with van der Waals surface area (Å²) in [5.74, 6) is -0.740. The number of esters is 2. The largest absolute Gasteiger partial charge is 0.482 e. The van der Waals surface area contributed by atoms with Crippen molar-refractivity contribution in [1.29, 1.82) is 0 Å². The highest BCUT2D eigenvalue weighted by atomic mass is 16.6. The number of methoxy groups -OCH3 is 1. The van der Waals surface area contributed by atoms with Gasteiger partial charge in [-0.1, -0.05) is 48.5 Å². The van der Waals surface area contributed by atoms with Gasteiger partial charge in [0, 0.05) is 5.56 Å². The highest BCUT2D eigenvalue weighted by Crippen LogP contribution is 2.19. The molecular weight excluding hydrogens is 284 g/mol. The summed E-state index contributed by atoms with van der Waals surface area (Å²) in [6, 6.07) is 17.6. The first-order valence-electron chi connectivity index (χ1n) is 6.71. The maximum Gasteiger partial charge on any atom is 0.351 e. The number of para-hydroxylation sites is 1. The van der Waals surface area contributed by atoms with Crippen LogP contribution in [0.3, 0.4) is 0 Å². The highest BCUT2D eigenvalue weighted by molar-refractivity contribution is 5.81. The normalized spacial score (nSPS) is 11.3. The molecular formula is C17H16O5. The van der Waals surface area contributed by atoms with E-state index in [1.807, 2.05) is 6.07 Å². The van der Waals surface area contributed by atoms with Gasteiger partial charge in [-0.15, -0.1) is 0 Å². The van der Waals surface area contributed by atoms with E-state index in [1.165, 1.54) is 7.11 Å². The van der Waals surface area contributed by atoms with Gasteiger partial charge in [-0.3, -0.25) is 0 Å². The molecule has 0 aliphatic heterocycles. The SMILES string of the molecule is COC(=O)[C@@H](OC(=O)COc1ccccc1)c1ccccc1. The lowest BCUT2D eigenvalue weighted by atomic mass is 10.1. The van der Waals surface area contributed by atoms with Gasteiger partial charge in [0.15, 0.2) is 6.61 Å². The van der Waals surface area contributed by atoms with Gasteiger partial charge in [-0.2, -0.15) is 0 Å². The van der Waals surface area contributed by atoms with Crippen molar-refractivity contribution in [3.05, 3.63) is 66.2 Å². The van der Waals surface area contributed by atoms with Gasteiger partial charge in [-0.25, -0.2) is 9.59 Å². The second-order valence-electron chi connectivity index (χ2n) is 4.41. The van der Waals surface area contributed by atoms with Crippen molar-refractivity contribution in [2.24, 2.45) is 0 Å². The number of rotatable bonds is 6. The average molecular weight is 300 g/mol. The van der Waals surface area contributed by atoms with Crippen molar-refractivity contribution < 1.29 is 23.8 Å². The molecule has 0 radical (unpaired) electrons. The Labute approximate surface area is 128 Å². The Morgan fingerprint density at radius 3 is 2.14 bits per heavy atom. The predicted octanol–water partition coefficient (Wildman–Crippen LogP) is 2.52. The van der Waals surface area contributed by atoms with Crippen LogP contribution in [0.25, 0.3) is 0 Å². The van der Waals surface area contributed by atoms with E-state index in [1.54, 1.807) is 54.6 Å². The van der Waals surface area contributed by atoms with Gasteiger partial charge in [-0.05, 0) is 12.1 Å². The fraction of sp³-hybridized carbons (Fsp3) is 0.176. The minimum atomic E-state index is -1.10. The summed E-state index contributed by atoms with van der Waals surface area (Å²) in [7, 11) is 1.24. The third kappa shape index (κ3) is 4.34. The molecule has 2 aromatic rings. The second-order valence-corrected chi connectivity index (χ2v) is 4.41. The minimum absolute atomic E-state index is 0.287. The summed E-state index contributed by atoms with van der Waals surface area (Å²) < 4.78 is 15.1. The molecule has 0 aromatic heterocycles. The fourth-order valence-corrected chi connectivity index (χ4v) is 1.81. The molecule has 0 fully saturated rings. The second kappa shape index (κ2) is 7.83. The summed E-state index contributed by atoms with van der Waals surface area (Å²) in [4.78, 5) is 23.6. The zero-order chi connectivity index (χ0) is 15.8. The molecule has 0 amide bonds. The fourth-order valence-electron chi connectivity index (χ4n) is 1.81. The van der Waals surface area contributed by atoms with Gasteiger partial charge in [0.2, 0.25) is 6.10 Å². The Bertz CT molecular complexity index is 609. The van der Waals surface area contributed by atoms with Crippen LogP contribution in [0, 0.1) is 0 Å². The zero-order valence-electron chi connectivity index (χ0n) is 12.1. The molecule has 5 heteroatoms. The van der Waals surface area contributed by atoms with E-state index in [-0.39, 0.29) is 6.61 Å². The Balaban J connectivity index is 1.98. The summed E-state index contributed by atoms with van der Waals surface area (Å²) in [6.07, 6.45) is -1.10. The number of carbonyl (C=O) groups is 2. The number of benzene rings is 2. The van der Waals surface area contributed by atoms with Crippen LogP contribution in [0.5, 0.6) is 5.75 Å². The van der Waals surface area contributed by atoms with Crippen LogP contribution >= 0.6 is 0 Å². The quantitative estimate of drug-likeness (QED) is 0.767. The molecule has 0 unspecified atom stereocenters. The van der Waals surface area contributed by atoms with Gasteiger partial charge >= 0.3 is 11.9 Å². The van der Waals surface area contributed by atoms with Crippen molar-refractivity contribution in [2.75, 3.05) is 13.7 Å². The number of hydrogen-bond donors (Lipinski definition) is 0. The first kappa shape index (κ1) is 15.6. The van der Waals surface area contributed by atoms with Crippen LogP contribution in [-0.4, -0.2) is 25.7 Å². The Morgan fingerprint density at radius 1 is 0.955 bits per heavy atom. The van der Waals surface area contributed by atoms with Crippen LogP contribution < -0.4 is 4.74 Å². The predicted molar refractivity (Wildman–Crippen MR) is 79.2 cm³/mol. The molecule has 0 aliphatic carbocycles. The van der Waals surface area contributed by atoms with Crippen LogP contribution in [0.1, 0.15) is 11.7 Å². The van der Waals surface area contributed by atoms with Gasteiger partial charge in [0.1, 0.15) is 5.75 Å². The molecule has 114 valence electrons. The summed E-state index contributed by atoms with van der Waals surface area (Å²) in [6.45, 7) is -0.287. The van der Waals surface area contributed by atoms with E-state index >= 15 is 0 Å². The summed E-state index contributed by atoms with van der Waals surface area (Å²) >= 11 is 0. The van der Waals surface area contributed by atoms with E-state index < -0.39 is 18.0 Å². The summed E-state index contributed by atoms with van der Waals surface area (Å²) in [5.41, 5.74) is 0.544. The lowest BCUT2D eigenvalue weighted by molar-refractivity contribution is -0.167. The van der Waals surface area contributed by atoms with Crippen LogP contribution in [0.15, 0.2) is 60.7 Å². The van der Waals surface area contributed by atoms with Crippen LogP contribution in [0.2, 0.25) is 0 Å². The molecule has 0 heterocycles. The Kier molecular flexibility index (Phi) is 5.54. The van der Waals surface area contributed by atoms with Gasteiger partial charge in [0.25, 0.3) is 0 Å². The molecule has 22 heavy (non-hydrogen) atoms. The molecule has 0 N–H and O–H groups in total. The zero-order valence-corrected chi connectivity index (χ0v) is 12.1. The van der Waals surface area contributed by atoms with E-state index in [9.17, 15) is 9.59 Å². The minimum Gasteiger partial charge on any atom is -0.482 e. The standard InChI is InChI=1S/C17H16O5/c1-20-17(19)16(13-8-4-2-5-9-13)22-15(18)12-21-14-10-6-3-7-11-14/h2-11,16H,12H2,1H3/t16-/m0/s1. The maximum absolute atomic E-state index is 11.9. The van der Waals surface area contributed by atoms with E-state index in [2.05, 4.69) is 4.74 Å². The molecule has 0 bridgehead atoms. The first-order chi connectivity index (χ1) is 10.7. The van der Waals surface area contributed by atoms with Gasteiger partial charge < -0.3 is 14.2 Å². The van der Waals surface area contributed by atoms with Crippen LogP contribution in [0.4, 0.5) is 0 Å². The van der Waals surface area contributed by atoms with Gasteiger partial charge in [0.05, 0.1) is 7.11 Å². The number of hydrogen-bond acceptors (Lipinski definition) is 5. The molecule has 2 rings (SSSR count). The molecule has 0 aliphatic rings.